The van der Waals surface area contributed by atoms with Crippen molar-refractivity contribution in [3.05, 3.63) is 29.8 Å². The maximum absolute atomic E-state index is 5.95. The third kappa shape index (κ3) is 2.99. The summed E-state index contributed by atoms with van der Waals surface area (Å²) in [5, 5.41) is 0. The standard InChI is InChI=1S/C14H22N2/c1-16-10-4-5-12(11-16)8-9-13-6-2-3-7-14(13)15/h2-3,6-7,12H,4-5,8-11,15H2,1H3. The van der Waals surface area contributed by atoms with Crippen LogP contribution in [0.15, 0.2) is 24.3 Å². The van der Waals surface area contributed by atoms with Crippen LogP contribution in [-0.4, -0.2) is 25.0 Å². The van der Waals surface area contributed by atoms with Crippen molar-refractivity contribution in [2.75, 3.05) is 25.9 Å². The molecule has 1 fully saturated rings. The van der Waals surface area contributed by atoms with Crippen molar-refractivity contribution in [2.45, 2.75) is 25.7 Å². The highest BCUT2D eigenvalue weighted by Gasteiger charge is 2.16. The quantitative estimate of drug-likeness (QED) is 0.790. The minimum Gasteiger partial charge on any atom is -0.399 e. The Labute approximate surface area is 98.4 Å². The molecule has 1 aromatic carbocycles. The van der Waals surface area contributed by atoms with Gasteiger partial charge in [-0.15, -0.1) is 0 Å². The summed E-state index contributed by atoms with van der Waals surface area (Å²) in [7, 11) is 2.23. The lowest BCUT2D eigenvalue weighted by Gasteiger charge is -2.29. The number of nitrogens with zero attached hydrogens (tertiary/aromatic N) is 1. The molecule has 2 N–H and O–H groups in total. The van der Waals surface area contributed by atoms with E-state index in [0.29, 0.717) is 0 Å². The molecule has 0 aliphatic carbocycles. The molecule has 0 bridgehead atoms. The van der Waals surface area contributed by atoms with Gasteiger partial charge in [0.25, 0.3) is 0 Å². The van der Waals surface area contributed by atoms with Gasteiger partial charge >= 0.3 is 0 Å². The summed E-state index contributed by atoms with van der Waals surface area (Å²) in [5.74, 6) is 0.860. The average Bonchev–Trinajstić information content (AvgIpc) is 2.28. The van der Waals surface area contributed by atoms with E-state index in [2.05, 4.69) is 24.1 Å². The molecule has 88 valence electrons. The summed E-state index contributed by atoms with van der Waals surface area (Å²) in [4.78, 5) is 2.45. The molecule has 2 rings (SSSR count). The van der Waals surface area contributed by atoms with E-state index in [1.54, 1.807) is 0 Å². The van der Waals surface area contributed by atoms with Gasteiger partial charge in [0.1, 0.15) is 0 Å². The van der Waals surface area contributed by atoms with Gasteiger partial charge in [0.05, 0.1) is 0 Å². The molecule has 16 heavy (non-hydrogen) atoms. The summed E-state index contributed by atoms with van der Waals surface area (Å²) >= 11 is 0. The van der Waals surface area contributed by atoms with Gasteiger partial charge in [0.2, 0.25) is 0 Å². The number of nitrogens with two attached hydrogens (primary N) is 1. The first kappa shape index (κ1) is 11.5. The number of hydrogen-bond acceptors (Lipinski definition) is 2. The van der Waals surface area contributed by atoms with Crippen LogP contribution in [0.5, 0.6) is 0 Å². The van der Waals surface area contributed by atoms with Crippen molar-refractivity contribution in [3.63, 3.8) is 0 Å². The number of benzene rings is 1. The first-order valence-electron chi connectivity index (χ1n) is 6.27. The largest absolute Gasteiger partial charge is 0.399 e. The van der Waals surface area contributed by atoms with Gasteiger partial charge in [-0.1, -0.05) is 18.2 Å². The SMILES string of the molecule is CN1CCCC(CCc2ccccc2N)C1. The van der Waals surface area contributed by atoms with Gasteiger partial charge in [0.15, 0.2) is 0 Å². The van der Waals surface area contributed by atoms with Crippen LogP contribution < -0.4 is 5.73 Å². The maximum atomic E-state index is 5.95. The highest BCUT2D eigenvalue weighted by atomic mass is 15.1. The summed E-state index contributed by atoms with van der Waals surface area (Å²) in [5.41, 5.74) is 8.22. The third-order valence-corrected chi connectivity index (χ3v) is 3.60. The highest BCUT2D eigenvalue weighted by Crippen LogP contribution is 2.22. The molecule has 2 heteroatoms. The van der Waals surface area contributed by atoms with Crippen molar-refractivity contribution in [3.8, 4) is 0 Å². The molecule has 2 nitrogen and oxygen atoms in total. The molecular weight excluding hydrogens is 196 g/mol. The van der Waals surface area contributed by atoms with Crippen molar-refractivity contribution >= 4 is 5.69 Å². The van der Waals surface area contributed by atoms with E-state index in [-0.39, 0.29) is 0 Å². The number of rotatable bonds is 3. The first-order chi connectivity index (χ1) is 7.75. The summed E-state index contributed by atoms with van der Waals surface area (Å²) in [6.45, 7) is 2.52. The molecule has 1 saturated heterocycles. The summed E-state index contributed by atoms with van der Waals surface area (Å²) in [6, 6.07) is 8.25. The second kappa shape index (κ2) is 5.35. The maximum Gasteiger partial charge on any atom is 0.0346 e. The van der Waals surface area contributed by atoms with E-state index in [1.165, 1.54) is 37.9 Å². The molecule has 1 aliphatic rings. The number of nitrogen functional groups attached to an aromatic ring is 1. The Morgan fingerprint density at radius 1 is 1.38 bits per heavy atom. The minimum atomic E-state index is 0.860. The number of piperidine rings is 1. The zero-order valence-corrected chi connectivity index (χ0v) is 10.2. The lowest BCUT2D eigenvalue weighted by Crippen LogP contribution is -2.32. The van der Waals surface area contributed by atoms with Crippen molar-refractivity contribution < 1.29 is 0 Å². The molecule has 1 aromatic rings. The Balaban J connectivity index is 1.85. The van der Waals surface area contributed by atoms with Crippen LogP contribution in [0.1, 0.15) is 24.8 Å². The third-order valence-electron chi connectivity index (χ3n) is 3.60. The Hall–Kier alpha value is -1.02. The smallest absolute Gasteiger partial charge is 0.0346 e. The Morgan fingerprint density at radius 3 is 2.94 bits per heavy atom. The van der Waals surface area contributed by atoms with Gasteiger partial charge in [-0.05, 0) is 56.8 Å². The summed E-state index contributed by atoms with van der Waals surface area (Å²) in [6.07, 6.45) is 5.15. The van der Waals surface area contributed by atoms with Crippen LogP contribution in [0.2, 0.25) is 0 Å². The topological polar surface area (TPSA) is 29.3 Å². The van der Waals surface area contributed by atoms with E-state index in [1.807, 2.05) is 12.1 Å². The van der Waals surface area contributed by atoms with E-state index in [4.69, 9.17) is 5.73 Å². The molecule has 0 aromatic heterocycles. The minimum absolute atomic E-state index is 0.860. The number of para-hydroxylation sites is 1. The fraction of sp³-hybridized carbons (Fsp3) is 0.571. The molecule has 1 unspecified atom stereocenters. The lowest BCUT2D eigenvalue weighted by molar-refractivity contribution is 0.202. The highest BCUT2D eigenvalue weighted by molar-refractivity contribution is 5.46. The van der Waals surface area contributed by atoms with E-state index in [9.17, 15) is 0 Å². The molecule has 0 radical (unpaired) electrons. The fourth-order valence-electron chi connectivity index (χ4n) is 2.63. The molecule has 0 saturated carbocycles. The van der Waals surface area contributed by atoms with Crippen LogP contribution in [0.4, 0.5) is 5.69 Å². The fourth-order valence-corrected chi connectivity index (χ4v) is 2.63. The predicted octanol–water partition coefficient (Wildman–Crippen LogP) is 2.54. The number of likely N-dealkylation sites (tertiary alicyclic amines) is 1. The van der Waals surface area contributed by atoms with Gasteiger partial charge in [0, 0.05) is 12.2 Å². The van der Waals surface area contributed by atoms with Crippen LogP contribution >= 0.6 is 0 Å². The van der Waals surface area contributed by atoms with Crippen LogP contribution in [-0.2, 0) is 6.42 Å². The van der Waals surface area contributed by atoms with Crippen molar-refractivity contribution in [1.82, 2.24) is 4.90 Å². The second-order valence-corrected chi connectivity index (χ2v) is 5.01. The van der Waals surface area contributed by atoms with Gasteiger partial charge in [-0.25, -0.2) is 0 Å². The normalized spacial score (nSPS) is 22.2. The summed E-state index contributed by atoms with van der Waals surface area (Å²) < 4.78 is 0. The Kier molecular flexibility index (Phi) is 3.83. The van der Waals surface area contributed by atoms with Crippen molar-refractivity contribution in [1.29, 1.82) is 0 Å². The van der Waals surface area contributed by atoms with Crippen molar-refractivity contribution in [2.24, 2.45) is 5.92 Å². The molecule has 0 amide bonds. The first-order valence-corrected chi connectivity index (χ1v) is 6.27. The molecule has 1 heterocycles. The van der Waals surface area contributed by atoms with Crippen LogP contribution in [0.3, 0.4) is 0 Å². The zero-order valence-electron chi connectivity index (χ0n) is 10.2. The zero-order chi connectivity index (χ0) is 11.4. The average molecular weight is 218 g/mol. The van der Waals surface area contributed by atoms with E-state index in [0.717, 1.165) is 18.0 Å². The number of anilines is 1. The van der Waals surface area contributed by atoms with E-state index < -0.39 is 0 Å². The molecule has 1 aliphatic heterocycles. The van der Waals surface area contributed by atoms with Gasteiger partial charge in [-0.2, -0.15) is 0 Å². The number of hydrogen-bond donors (Lipinski definition) is 1. The van der Waals surface area contributed by atoms with Crippen LogP contribution in [0, 0.1) is 5.92 Å². The van der Waals surface area contributed by atoms with Gasteiger partial charge < -0.3 is 10.6 Å². The predicted molar refractivity (Wildman–Crippen MR) is 69.4 cm³/mol. The van der Waals surface area contributed by atoms with Crippen LogP contribution in [0.25, 0.3) is 0 Å². The van der Waals surface area contributed by atoms with E-state index >= 15 is 0 Å². The monoisotopic (exact) mass is 218 g/mol. The Bertz CT molecular complexity index is 335. The molecular formula is C14H22N2. The molecule has 1 atom stereocenters. The second-order valence-electron chi connectivity index (χ2n) is 5.01. The molecule has 0 spiro atoms. The lowest BCUT2D eigenvalue weighted by atomic mass is 9.91. The Morgan fingerprint density at radius 2 is 2.19 bits per heavy atom. The van der Waals surface area contributed by atoms with Gasteiger partial charge in [-0.3, -0.25) is 0 Å². The number of aryl methyl sites for hydroxylation is 1.